The second-order valence-corrected chi connectivity index (χ2v) is 10.0. The molecule has 5 rings (SSSR count). The monoisotopic (exact) mass is 518 g/mol. The molecule has 9 nitrogen and oxygen atoms in total. The van der Waals surface area contributed by atoms with Crippen LogP contribution in [0.3, 0.4) is 0 Å². The smallest absolute Gasteiger partial charge is 0.375 e. The maximum Gasteiger partial charge on any atom is 0.433 e. The predicted molar refractivity (Wildman–Crippen MR) is 124 cm³/mol. The number of amides is 2. The predicted octanol–water partition coefficient (Wildman–Crippen LogP) is 3.28. The molecule has 0 atom stereocenters. The molecule has 2 fully saturated rings. The van der Waals surface area contributed by atoms with Crippen molar-refractivity contribution in [3.63, 3.8) is 0 Å². The van der Waals surface area contributed by atoms with E-state index in [4.69, 9.17) is 10.5 Å². The molecule has 1 aromatic carbocycles. The van der Waals surface area contributed by atoms with Crippen molar-refractivity contribution in [1.82, 2.24) is 20.3 Å². The lowest BCUT2D eigenvalue weighted by Gasteiger charge is -2.41. The van der Waals surface area contributed by atoms with E-state index in [0.717, 1.165) is 28.3 Å². The summed E-state index contributed by atoms with van der Waals surface area (Å²) in [5.41, 5.74) is 4.51. The Hall–Kier alpha value is -3.58. The molecule has 0 radical (unpaired) electrons. The van der Waals surface area contributed by atoms with E-state index >= 15 is 0 Å². The molecule has 3 aromatic rings. The van der Waals surface area contributed by atoms with Crippen molar-refractivity contribution in [3.8, 4) is 10.4 Å². The lowest BCUT2D eigenvalue weighted by atomic mass is 9.95. The Balaban J connectivity index is 1.38. The van der Waals surface area contributed by atoms with Crippen LogP contribution in [-0.2, 0) is 26.0 Å². The summed E-state index contributed by atoms with van der Waals surface area (Å²) in [6, 6.07) is 6.22. The lowest BCUT2D eigenvalue weighted by molar-refractivity contribution is -0.144. The second kappa shape index (κ2) is 8.52. The third kappa shape index (κ3) is 4.39. The van der Waals surface area contributed by atoms with Gasteiger partial charge < -0.3 is 21.1 Å². The number of carbonyl (C=O) groups excluding carboxylic acids is 2. The highest BCUT2D eigenvalue weighted by atomic mass is 32.1. The number of rotatable bonds is 7. The maximum atomic E-state index is 13.0. The van der Waals surface area contributed by atoms with Crippen LogP contribution in [0.15, 0.2) is 36.7 Å². The number of ether oxygens (including phenoxy) is 1. The molecule has 0 unspecified atom stereocenters. The van der Waals surface area contributed by atoms with Crippen LogP contribution in [0.2, 0.25) is 0 Å². The Morgan fingerprint density at radius 1 is 1.17 bits per heavy atom. The fraction of sp³-hybridized carbons (Fsp3) is 0.348. The van der Waals surface area contributed by atoms with Gasteiger partial charge in [-0.2, -0.15) is 13.2 Å². The number of hydrogen-bond acceptors (Lipinski definition) is 8. The second-order valence-electron chi connectivity index (χ2n) is 8.98. The highest BCUT2D eigenvalue weighted by Gasteiger charge is 2.58. The van der Waals surface area contributed by atoms with E-state index in [1.165, 1.54) is 11.3 Å². The minimum absolute atomic E-state index is 0.178. The molecule has 2 aliphatic rings. The zero-order valence-corrected chi connectivity index (χ0v) is 19.8. The molecule has 4 N–H and O–H groups in total. The van der Waals surface area contributed by atoms with Gasteiger partial charge in [-0.1, -0.05) is 6.07 Å². The van der Waals surface area contributed by atoms with Gasteiger partial charge in [-0.15, -0.1) is 11.3 Å². The van der Waals surface area contributed by atoms with E-state index in [2.05, 4.69) is 25.6 Å². The number of alkyl halides is 3. The normalized spacial score (nSPS) is 17.7. The summed E-state index contributed by atoms with van der Waals surface area (Å²) in [6.07, 6.45) is -1.04. The van der Waals surface area contributed by atoms with Crippen LogP contribution >= 0.6 is 11.3 Å². The number of nitrogens with two attached hydrogens (primary N) is 1. The molecule has 3 heterocycles. The molecule has 1 aliphatic carbocycles. The van der Waals surface area contributed by atoms with Gasteiger partial charge in [0.1, 0.15) is 21.7 Å². The summed E-state index contributed by atoms with van der Waals surface area (Å²) in [7, 11) is 0. The number of anilines is 2. The number of thiazole rings is 1. The number of nitrogens with zero attached hydrogens (tertiary/aromatic N) is 3. The third-order valence-electron chi connectivity index (χ3n) is 6.19. The Bertz CT molecular complexity index is 1350. The molecule has 1 saturated carbocycles. The fourth-order valence-electron chi connectivity index (χ4n) is 3.93. The number of benzene rings is 1. The van der Waals surface area contributed by atoms with Crippen LogP contribution in [0.4, 0.5) is 24.8 Å². The van der Waals surface area contributed by atoms with Crippen molar-refractivity contribution in [1.29, 1.82) is 0 Å². The van der Waals surface area contributed by atoms with Gasteiger partial charge in [0, 0.05) is 18.1 Å². The highest BCUT2D eigenvalue weighted by molar-refractivity contribution is 7.15. The van der Waals surface area contributed by atoms with Gasteiger partial charge >= 0.3 is 6.18 Å². The topological polar surface area (TPSA) is 132 Å². The van der Waals surface area contributed by atoms with Crippen LogP contribution in [-0.4, -0.2) is 40.0 Å². The van der Waals surface area contributed by atoms with Crippen molar-refractivity contribution in [2.75, 3.05) is 18.5 Å². The molecular weight excluding hydrogens is 497 g/mol. The van der Waals surface area contributed by atoms with Gasteiger partial charge in [-0.3, -0.25) is 9.59 Å². The number of hydrogen-bond donors (Lipinski definition) is 3. The number of primary amides is 1. The summed E-state index contributed by atoms with van der Waals surface area (Å²) < 4.78 is 44.4. The largest absolute Gasteiger partial charge is 0.433 e. The Labute approximate surface area is 207 Å². The van der Waals surface area contributed by atoms with Gasteiger partial charge in [-0.05, 0) is 49.1 Å². The molecule has 0 bridgehead atoms. The molecule has 2 aromatic heterocycles. The molecular formula is C23H21F3N6O3S. The average molecular weight is 519 g/mol. The first-order valence-corrected chi connectivity index (χ1v) is 11.8. The quantitative estimate of drug-likeness (QED) is 0.409. The van der Waals surface area contributed by atoms with E-state index in [1.807, 2.05) is 13.0 Å². The van der Waals surface area contributed by atoms with E-state index < -0.39 is 34.6 Å². The Morgan fingerprint density at radius 3 is 2.53 bits per heavy atom. The number of halogens is 3. The van der Waals surface area contributed by atoms with Gasteiger partial charge in [0.2, 0.25) is 17.8 Å². The number of aromatic nitrogens is 3. The number of nitrogens with one attached hydrogen (secondary N) is 2. The summed E-state index contributed by atoms with van der Waals surface area (Å²) in [5.74, 6) is -1.24. The molecule has 13 heteroatoms. The average Bonchev–Trinajstić information content (AvgIpc) is 3.46. The Morgan fingerprint density at radius 2 is 1.92 bits per heavy atom. The molecule has 2 amide bonds. The van der Waals surface area contributed by atoms with Crippen molar-refractivity contribution < 1.29 is 27.5 Å². The minimum Gasteiger partial charge on any atom is -0.375 e. The molecule has 36 heavy (non-hydrogen) atoms. The van der Waals surface area contributed by atoms with Crippen LogP contribution in [0, 0.1) is 12.3 Å². The van der Waals surface area contributed by atoms with Crippen molar-refractivity contribution in [3.05, 3.63) is 52.9 Å². The molecule has 0 spiro atoms. The van der Waals surface area contributed by atoms with Gasteiger partial charge in [0.25, 0.3) is 0 Å². The van der Waals surface area contributed by atoms with E-state index in [0.29, 0.717) is 23.5 Å². The van der Waals surface area contributed by atoms with Crippen molar-refractivity contribution in [2.45, 2.75) is 31.5 Å². The van der Waals surface area contributed by atoms with Crippen molar-refractivity contribution in [2.24, 2.45) is 11.1 Å². The van der Waals surface area contributed by atoms with Crippen LogP contribution in [0.25, 0.3) is 10.4 Å². The number of aryl methyl sites for hydroxylation is 1. The summed E-state index contributed by atoms with van der Waals surface area (Å²) >= 11 is 1.35. The van der Waals surface area contributed by atoms with Gasteiger partial charge in [0.15, 0.2) is 0 Å². The Kier molecular flexibility index (Phi) is 5.71. The van der Waals surface area contributed by atoms with Crippen LogP contribution < -0.4 is 16.4 Å². The first-order chi connectivity index (χ1) is 17.0. The first kappa shape index (κ1) is 24.1. The zero-order valence-electron chi connectivity index (χ0n) is 19.0. The standard InChI is InChI=1S/C23H21F3N6O3S/c1-12-6-13(8-14(7-12)30-20-28-5-2-16(31-20)23(24,25)26)15-9-29-19(36-15)22(10-35-11-22)32-18(34)21(3-4-21)17(27)33/h2,5-9H,3-4,10-11H2,1H3,(H2,27,33)(H,32,34)(H,28,30,31). The van der Waals surface area contributed by atoms with Gasteiger partial charge in [-0.25, -0.2) is 15.0 Å². The molecule has 188 valence electrons. The van der Waals surface area contributed by atoms with E-state index in [1.54, 1.807) is 18.3 Å². The van der Waals surface area contributed by atoms with Crippen molar-refractivity contribution >= 4 is 34.8 Å². The van der Waals surface area contributed by atoms with Crippen LogP contribution in [0.1, 0.15) is 29.1 Å². The maximum absolute atomic E-state index is 13.0. The zero-order chi connectivity index (χ0) is 25.7. The summed E-state index contributed by atoms with van der Waals surface area (Å²) in [4.78, 5) is 37.3. The van der Waals surface area contributed by atoms with E-state index in [-0.39, 0.29) is 19.2 Å². The molecule has 1 aliphatic heterocycles. The first-order valence-electron chi connectivity index (χ1n) is 11.0. The van der Waals surface area contributed by atoms with Crippen LogP contribution in [0.5, 0.6) is 0 Å². The third-order valence-corrected chi connectivity index (χ3v) is 7.44. The summed E-state index contributed by atoms with van der Waals surface area (Å²) in [5, 5.41) is 6.38. The molecule has 1 saturated heterocycles. The van der Waals surface area contributed by atoms with Gasteiger partial charge in [0.05, 0.1) is 18.1 Å². The SMILES string of the molecule is Cc1cc(Nc2nccc(C(F)(F)F)n2)cc(-c2cnc(C3(NC(=O)C4(C(N)=O)CC4)COC3)s2)c1. The van der Waals surface area contributed by atoms with E-state index in [9.17, 15) is 22.8 Å². The summed E-state index contributed by atoms with van der Waals surface area (Å²) in [6.45, 7) is 2.28. The highest BCUT2D eigenvalue weighted by Crippen LogP contribution is 2.47. The fourth-order valence-corrected chi connectivity index (χ4v) is 4.95. The number of carbonyl (C=O) groups is 2. The minimum atomic E-state index is -4.58. The lowest BCUT2D eigenvalue weighted by Crippen LogP contribution is -2.61.